The number of ether oxygens (including phenoxy) is 9. The predicted octanol–water partition coefficient (Wildman–Crippen LogP) is -6.57. The fourth-order valence-electron chi connectivity index (χ4n) is 6.68. The molecule has 3 heterocycles. The average molecular weight is 874 g/mol. The van der Waals surface area contributed by atoms with Crippen molar-refractivity contribution >= 4 is 5.97 Å². The molecule has 3 aliphatic rings. The molecule has 15 N–H and O–H groups in total. The van der Waals surface area contributed by atoms with Gasteiger partial charge in [-0.15, -0.1) is 0 Å². The minimum atomic E-state index is -2.78. The highest BCUT2D eigenvalue weighted by Gasteiger charge is 2.56. The van der Waals surface area contributed by atoms with Gasteiger partial charge >= 0.3 is 5.97 Å². The van der Waals surface area contributed by atoms with Crippen LogP contribution in [-0.4, -0.2) is 229 Å². The predicted molar refractivity (Wildman–Crippen MR) is 194 cm³/mol. The van der Waals surface area contributed by atoms with Crippen molar-refractivity contribution in [3.05, 3.63) is 24.3 Å². The number of aliphatic carboxylic acids is 1. The molecule has 60 heavy (non-hydrogen) atoms. The summed E-state index contributed by atoms with van der Waals surface area (Å²) in [6.45, 7) is -1.16. The summed E-state index contributed by atoms with van der Waals surface area (Å²) in [4.78, 5) is 12.5. The number of carbonyl (C=O) groups is 1. The largest absolute Gasteiger partial charge is 0.497 e. The number of hydrogen-bond acceptors (Lipinski definition) is 23. The summed E-state index contributed by atoms with van der Waals surface area (Å²) in [7, 11) is 1.46. The van der Waals surface area contributed by atoms with Gasteiger partial charge in [0.05, 0.1) is 58.4 Å². The molecule has 0 radical (unpaired) electrons. The number of benzene rings is 1. The maximum Gasteiger partial charge on any atom is 0.364 e. The van der Waals surface area contributed by atoms with Gasteiger partial charge < -0.3 is 115 Å². The van der Waals surface area contributed by atoms with E-state index < -0.39 is 167 Å². The first-order valence-electron chi connectivity index (χ1n) is 19.1. The molecular formula is C36H59NO23. The standard InChI is InChI=1S/C36H59NO23/c1-14(9-38)32(59-31-28(48)25(45)21(12-41)57-34(31)55-17-6-4-16(52-3)5-7-17)56-20(11-40)15(2)54-33-29(49)27(47)26(46)22(58-33)13-53-36(35(50)51)8-18(42)23(37)30(60-36)24(44)19(43)10-39/h4-7,14-15,18-34,38-49H,8-13,37H2,1-3H3,(H,50,51)/t14-,15-,18+,19+,20?,21?,22?,23+,24+,25+,26-,27?,28?,29-,30?,31+,32-,33+,34-,36+/m0/s1. The average Bonchev–Trinajstić information content (AvgIpc) is 3.24. The number of rotatable bonds is 21. The number of nitrogens with two attached hydrogens (primary N) is 1. The van der Waals surface area contributed by atoms with Crippen molar-refractivity contribution in [2.45, 2.75) is 136 Å². The molecule has 0 bridgehead atoms. The van der Waals surface area contributed by atoms with Gasteiger partial charge in [0.25, 0.3) is 5.79 Å². The van der Waals surface area contributed by atoms with Crippen LogP contribution in [0.25, 0.3) is 0 Å². The molecule has 0 amide bonds. The van der Waals surface area contributed by atoms with E-state index in [4.69, 9.17) is 48.4 Å². The van der Waals surface area contributed by atoms with Gasteiger partial charge in [0.2, 0.25) is 6.29 Å². The number of carboxylic acids is 1. The Hall–Kier alpha value is -2.51. The fraction of sp³-hybridized carbons (Fsp3) is 0.806. The molecule has 346 valence electrons. The second kappa shape index (κ2) is 22.2. The Kier molecular flexibility index (Phi) is 18.6. The fourth-order valence-corrected chi connectivity index (χ4v) is 6.68. The third-order valence-corrected chi connectivity index (χ3v) is 10.6. The number of aliphatic hydroxyl groups is 12. The summed E-state index contributed by atoms with van der Waals surface area (Å²) < 4.78 is 51.3. The molecule has 0 spiro atoms. The topological polar surface area (TPSA) is 389 Å². The molecule has 0 saturated carbocycles. The molecule has 1 aromatic rings. The number of aliphatic hydroxyl groups excluding tert-OH is 12. The van der Waals surface area contributed by atoms with Crippen molar-refractivity contribution in [1.82, 2.24) is 0 Å². The second-order valence-corrected chi connectivity index (χ2v) is 14.9. The monoisotopic (exact) mass is 873 g/mol. The number of hydrogen-bond donors (Lipinski definition) is 14. The van der Waals surface area contributed by atoms with Crippen LogP contribution in [0.2, 0.25) is 0 Å². The van der Waals surface area contributed by atoms with E-state index in [2.05, 4.69) is 0 Å². The Labute approximate surface area is 343 Å². The normalized spacial score (nSPS) is 38.0. The van der Waals surface area contributed by atoms with Crippen LogP contribution in [0.5, 0.6) is 11.5 Å². The molecule has 20 atom stereocenters. The molecule has 3 saturated heterocycles. The van der Waals surface area contributed by atoms with E-state index in [-0.39, 0.29) is 5.75 Å². The first kappa shape index (κ1) is 50.1. The summed E-state index contributed by atoms with van der Waals surface area (Å²) >= 11 is 0. The molecule has 0 aromatic heterocycles. The van der Waals surface area contributed by atoms with Crippen LogP contribution in [0.1, 0.15) is 20.3 Å². The van der Waals surface area contributed by atoms with Crippen LogP contribution in [0.3, 0.4) is 0 Å². The van der Waals surface area contributed by atoms with Crippen LogP contribution in [0.4, 0.5) is 0 Å². The number of methoxy groups -OCH3 is 1. The molecule has 6 unspecified atom stereocenters. The lowest BCUT2D eigenvalue weighted by Gasteiger charge is -2.46. The van der Waals surface area contributed by atoms with Crippen molar-refractivity contribution in [1.29, 1.82) is 0 Å². The minimum absolute atomic E-state index is 0.215. The quantitative estimate of drug-likeness (QED) is 0.0511. The summed E-state index contributed by atoms with van der Waals surface area (Å²) in [5, 5.41) is 135. The lowest BCUT2D eigenvalue weighted by atomic mass is 9.89. The zero-order valence-corrected chi connectivity index (χ0v) is 33.0. The van der Waals surface area contributed by atoms with Gasteiger partial charge in [0.15, 0.2) is 18.7 Å². The van der Waals surface area contributed by atoms with Crippen molar-refractivity contribution in [3.8, 4) is 11.5 Å². The molecule has 24 heteroatoms. The molecule has 3 aliphatic heterocycles. The summed E-state index contributed by atoms with van der Waals surface area (Å²) in [5.41, 5.74) is 5.89. The van der Waals surface area contributed by atoms with E-state index in [9.17, 15) is 71.2 Å². The van der Waals surface area contributed by atoms with E-state index in [1.54, 1.807) is 12.1 Å². The van der Waals surface area contributed by atoms with Crippen LogP contribution >= 0.6 is 0 Å². The van der Waals surface area contributed by atoms with Crippen LogP contribution < -0.4 is 15.2 Å². The Morgan fingerprint density at radius 2 is 1.45 bits per heavy atom. The van der Waals surface area contributed by atoms with Crippen LogP contribution in [0.15, 0.2) is 24.3 Å². The van der Waals surface area contributed by atoms with Gasteiger partial charge in [-0.2, -0.15) is 0 Å². The molecule has 1 aromatic carbocycles. The highest BCUT2D eigenvalue weighted by Crippen LogP contribution is 2.35. The van der Waals surface area contributed by atoms with Gasteiger partial charge in [-0.05, 0) is 31.2 Å². The Morgan fingerprint density at radius 3 is 2.02 bits per heavy atom. The van der Waals surface area contributed by atoms with Gasteiger partial charge in [-0.25, -0.2) is 4.79 Å². The molecule has 4 rings (SSSR count). The smallest absolute Gasteiger partial charge is 0.364 e. The van der Waals surface area contributed by atoms with Crippen molar-refractivity contribution < 1.29 is 114 Å². The summed E-state index contributed by atoms with van der Waals surface area (Å²) in [6, 6.07) is 4.74. The van der Waals surface area contributed by atoms with Crippen LogP contribution in [0, 0.1) is 5.92 Å². The maximum atomic E-state index is 12.5. The van der Waals surface area contributed by atoms with E-state index in [0.717, 1.165) is 0 Å². The third kappa shape index (κ3) is 11.5. The molecule has 24 nitrogen and oxygen atoms in total. The van der Waals surface area contributed by atoms with E-state index in [1.807, 2.05) is 0 Å². The van der Waals surface area contributed by atoms with Crippen molar-refractivity contribution in [2.24, 2.45) is 11.7 Å². The maximum absolute atomic E-state index is 12.5. The Balaban J connectivity index is 1.49. The lowest BCUT2D eigenvalue weighted by molar-refractivity contribution is -0.352. The Morgan fingerprint density at radius 1 is 0.833 bits per heavy atom. The van der Waals surface area contributed by atoms with E-state index >= 15 is 0 Å². The number of carboxylic acid groups (broad SMARTS) is 1. The minimum Gasteiger partial charge on any atom is -0.497 e. The zero-order chi connectivity index (χ0) is 44.6. The zero-order valence-electron chi connectivity index (χ0n) is 33.0. The third-order valence-electron chi connectivity index (χ3n) is 10.6. The SMILES string of the molecule is COc1ccc(O[C@H]2OC(CO)[C@@H](O)C(O)[C@H]2O[C@H](OC(CO)[C@H](C)O[C@@H]2OC(CO[C@]3(C(=O)O)C[C@@H](O)[C@@H](N)C([C@H](O)[C@H](O)CO)O3)[C@H](O)C(O)[C@@H]2O)[C@@H](C)CO)cc1. The highest BCUT2D eigenvalue weighted by molar-refractivity contribution is 5.76. The summed E-state index contributed by atoms with van der Waals surface area (Å²) in [6.07, 6.45) is -29.5. The van der Waals surface area contributed by atoms with E-state index in [0.29, 0.717) is 5.75 Å². The van der Waals surface area contributed by atoms with Gasteiger partial charge in [0, 0.05) is 12.3 Å². The Bertz CT molecular complexity index is 1450. The molecule has 0 aliphatic carbocycles. The lowest BCUT2D eigenvalue weighted by Crippen LogP contribution is -2.67. The van der Waals surface area contributed by atoms with E-state index in [1.165, 1.54) is 33.1 Å². The first-order valence-corrected chi connectivity index (χ1v) is 19.1. The first-order chi connectivity index (χ1) is 28.4. The van der Waals surface area contributed by atoms with Gasteiger partial charge in [0.1, 0.15) is 78.6 Å². The van der Waals surface area contributed by atoms with Crippen LogP contribution in [-0.2, 0) is 38.0 Å². The summed E-state index contributed by atoms with van der Waals surface area (Å²) in [5.74, 6) is -4.80. The van der Waals surface area contributed by atoms with Crippen molar-refractivity contribution in [3.63, 3.8) is 0 Å². The second-order valence-electron chi connectivity index (χ2n) is 14.9. The van der Waals surface area contributed by atoms with Gasteiger partial charge in [-0.1, -0.05) is 6.92 Å². The van der Waals surface area contributed by atoms with Gasteiger partial charge in [-0.3, -0.25) is 0 Å². The molecule has 3 fully saturated rings. The molecular weight excluding hydrogens is 814 g/mol. The van der Waals surface area contributed by atoms with Crippen molar-refractivity contribution in [2.75, 3.05) is 40.1 Å². The highest BCUT2D eigenvalue weighted by atomic mass is 16.8.